The first-order valence-electron chi connectivity index (χ1n) is 6.35. The molecule has 0 spiro atoms. The number of hydrogen-bond donors (Lipinski definition) is 1. The lowest BCUT2D eigenvalue weighted by atomic mass is 10.2. The Morgan fingerprint density at radius 1 is 1.18 bits per heavy atom. The maximum Gasteiger partial charge on any atom is 0.0891 e. The summed E-state index contributed by atoms with van der Waals surface area (Å²) in [5.41, 5.74) is 2.08. The van der Waals surface area contributed by atoms with Gasteiger partial charge in [-0.25, -0.2) is 0 Å². The van der Waals surface area contributed by atoms with Crippen LogP contribution in [-0.4, -0.2) is 17.6 Å². The second-order valence-corrected chi connectivity index (χ2v) is 5.00. The van der Waals surface area contributed by atoms with E-state index in [2.05, 4.69) is 24.1 Å². The fraction of sp³-hybridized carbons (Fsp3) is 0.643. The van der Waals surface area contributed by atoms with E-state index in [1.165, 1.54) is 0 Å². The van der Waals surface area contributed by atoms with Crippen molar-refractivity contribution in [1.82, 2.24) is 10.3 Å². The second-order valence-electron chi connectivity index (χ2n) is 5.00. The lowest BCUT2D eigenvalue weighted by Gasteiger charge is -2.09. The molecule has 0 saturated heterocycles. The van der Waals surface area contributed by atoms with Crippen LogP contribution in [0.2, 0.25) is 0 Å². The predicted octanol–water partition coefficient (Wildman–Crippen LogP) is 2.75. The monoisotopic (exact) mass is 236 g/mol. The number of ether oxygens (including phenoxy) is 1. The molecule has 1 heterocycles. The van der Waals surface area contributed by atoms with Crippen LogP contribution in [0.25, 0.3) is 0 Å². The van der Waals surface area contributed by atoms with Gasteiger partial charge in [-0.1, -0.05) is 19.9 Å². The van der Waals surface area contributed by atoms with Gasteiger partial charge in [0.25, 0.3) is 0 Å². The normalized spacial score (nSPS) is 11.4. The Bertz CT molecular complexity index is 324. The predicted molar refractivity (Wildman–Crippen MR) is 70.7 cm³/mol. The van der Waals surface area contributed by atoms with Crippen molar-refractivity contribution in [3.63, 3.8) is 0 Å². The van der Waals surface area contributed by atoms with Crippen LogP contribution in [0.15, 0.2) is 18.2 Å². The van der Waals surface area contributed by atoms with Gasteiger partial charge in [-0.3, -0.25) is 4.98 Å². The zero-order valence-electron chi connectivity index (χ0n) is 11.4. The molecule has 96 valence electrons. The number of rotatable bonds is 7. The maximum absolute atomic E-state index is 5.54. The summed E-state index contributed by atoms with van der Waals surface area (Å²) in [7, 11) is 0. The van der Waals surface area contributed by atoms with E-state index in [1.54, 1.807) is 0 Å². The molecule has 0 aliphatic carbocycles. The van der Waals surface area contributed by atoms with Gasteiger partial charge in [0.2, 0.25) is 0 Å². The van der Waals surface area contributed by atoms with Crippen molar-refractivity contribution in [3.8, 4) is 0 Å². The Labute approximate surface area is 105 Å². The van der Waals surface area contributed by atoms with Gasteiger partial charge in [0, 0.05) is 6.54 Å². The third-order valence-corrected chi connectivity index (χ3v) is 2.29. The van der Waals surface area contributed by atoms with E-state index < -0.39 is 0 Å². The lowest BCUT2D eigenvalue weighted by molar-refractivity contribution is 0.0635. The Hall–Kier alpha value is -0.930. The molecule has 3 heteroatoms. The van der Waals surface area contributed by atoms with E-state index >= 15 is 0 Å². The summed E-state index contributed by atoms with van der Waals surface area (Å²) >= 11 is 0. The van der Waals surface area contributed by atoms with Crippen LogP contribution in [0.1, 0.15) is 39.1 Å². The first-order valence-corrected chi connectivity index (χ1v) is 6.35. The van der Waals surface area contributed by atoms with Gasteiger partial charge in [0.1, 0.15) is 0 Å². The fourth-order valence-corrected chi connectivity index (χ4v) is 1.45. The van der Waals surface area contributed by atoms with Crippen molar-refractivity contribution in [2.45, 2.75) is 47.0 Å². The number of hydrogen-bond acceptors (Lipinski definition) is 3. The molecule has 0 unspecified atom stereocenters. The molecule has 0 amide bonds. The van der Waals surface area contributed by atoms with Gasteiger partial charge in [0.15, 0.2) is 0 Å². The summed E-state index contributed by atoms with van der Waals surface area (Å²) in [5.74, 6) is 0.669. The van der Waals surface area contributed by atoms with Gasteiger partial charge >= 0.3 is 0 Å². The van der Waals surface area contributed by atoms with Crippen molar-refractivity contribution < 1.29 is 4.74 Å². The summed E-state index contributed by atoms with van der Waals surface area (Å²) in [6.45, 7) is 10.9. The molecule has 3 nitrogen and oxygen atoms in total. The molecule has 0 atom stereocenters. The Kier molecular flexibility index (Phi) is 6.16. The first-order chi connectivity index (χ1) is 8.08. The molecular weight excluding hydrogens is 212 g/mol. The van der Waals surface area contributed by atoms with Crippen LogP contribution in [0.5, 0.6) is 0 Å². The highest BCUT2D eigenvalue weighted by Gasteiger charge is 2.00. The standard InChI is InChI=1S/C14H24N2O/c1-11(2)8-15-9-13-6-5-7-14(16-13)10-17-12(3)4/h5-7,11-12,15H,8-10H2,1-4H3. The Balaban J connectivity index is 2.42. The molecule has 0 fully saturated rings. The minimum absolute atomic E-state index is 0.250. The van der Waals surface area contributed by atoms with E-state index in [0.29, 0.717) is 12.5 Å². The minimum Gasteiger partial charge on any atom is -0.373 e. The highest BCUT2D eigenvalue weighted by molar-refractivity contribution is 5.10. The number of nitrogens with one attached hydrogen (secondary N) is 1. The van der Waals surface area contributed by atoms with Crippen LogP contribution in [-0.2, 0) is 17.9 Å². The van der Waals surface area contributed by atoms with E-state index in [4.69, 9.17) is 4.74 Å². The Morgan fingerprint density at radius 2 is 1.88 bits per heavy atom. The van der Waals surface area contributed by atoms with E-state index in [9.17, 15) is 0 Å². The molecule has 1 aromatic rings. The molecule has 0 aromatic carbocycles. The largest absolute Gasteiger partial charge is 0.373 e. The number of pyridine rings is 1. The highest BCUT2D eigenvalue weighted by atomic mass is 16.5. The van der Waals surface area contributed by atoms with Crippen molar-refractivity contribution in [2.75, 3.05) is 6.54 Å². The molecular formula is C14H24N2O. The molecule has 1 rings (SSSR count). The average molecular weight is 236 g/mol. The molecule has 0 radical (unpaired) electrons. The molecule has 1 aromatic heterocycles. The van der Waals surface area contributed by atoms with Crippen LogP contribution in [0.3, 0.4) is 0 Å². The summed E-state index contributed by atoms with van der Waals surface area (Å²) in [6, 6.07) is 6.10. The zero-order chi connectivity index (χ0) is 12.7. The maximum atomic E-state index is 5.54. The second kappa shape index (κ2) is 7.41. The Morgan fingerprint density at radius 3 is 2.53 bits per heavy atom. The SMILES string of the molecule is CC(C)CNCc1cccc(COC(C)C)n1. The quantitative estimate of drug-likeness (QED) is 0.790. The lowest BCUT2D eigenvalue weighted by Crippen LogP contribution is -2.19. The van der Waals surface area contributed by atoms with Gasteiger partial charge in [-0.15, -0.1) is 0 Å². The first kappa shape index (κ1) is 14.1. The molecule has 0 saturated carbocycles. The van der Waals surface area contributed by atoms with E-state index in [0.717, 1.165) is 24.5 Å². The molecule has 0 bridgehead atoms. The average Bonchev–Trinajstić information content (AvgIpc) is 2.26. The summed E-state index contributed by atoms with van der Waals surface area (Å²) in [5, 5.41) is 3.39. The molecule has 1 N–H and O–H groups in total. The van der Waals surface area contributed by atoms with Gasteiger partial charge in [-0.2, -0.15) is 0 Å². The third kappa shape index (κ3) is 6.39. The van der Waals surface area contributed by atoms with Crippen LogP contribution in [0.4, 0.5) is 0 Å². The highest BCUT2D eigenvalue weighted by Crippen LogP contribution is 2.03. The number of aromatic nitrogens is 1. The van der Waals surface area contributed by atoms with Crippen LogP contribution >= 0.6 is 0 Å². The summed E-state index contributed by atoms with van der Waals surface area (Å²) < 4.78 is 5.54. The van der Waals surface area contributed by atoms with Crippen molar-refractivity contribution >= 4 is 0 Å². The summed E-state index contributed by atoms with van der Waals surface area (Å²) in [6.07, 6.45) is 0.250. The van der Waals surface area contributed by atoms with Gasteiger partial charge in [-0.05, 0) is 38.4 Å². The zero-order valence-corrected chi connectivity index (χ0v) is 11.4. The molecule has 0 aliphatic rings. The van der Waals surface area contributed by atoms with Crippen LogP contribution < -0.4 is 5.32 Å². The van der Waals surface area contributed by atoms with Crippen LogP contribution in [0, 0.1) is 5.92 Å². The number of nitrogens with zero attached hydrogens (tertiary/aromatic N) is 1. The van der Waals surface area contributed by atoms with E-state index in [-0.39, 0.29) is 6.10 Å². The topological polar surface area (TPSA) is 34.1 Å². The molecule has 17 heavy (non-hydrogen) atoms. The van der Waals surface area contributed by atoms with Gasteiger partial charge < -0.3 is 10.1 Å². The van der Waals surface area contributed by atoms with Crippen molar-refractivity contribution in [1.29, 1.82) is 0 Å². The fourth-order valence-electron chi connectivity index (χ4n) is 1.45. The molecule has 0 aliphatic heterocycles. The smallest absolute Gasteiger partial charge is 0.0891 e. The van der Waals surface area contributed by atoms with Crippen molar-refractivity contribution in [2.24, 2.45) is 5.92 Å². The van der Waals surface area contributed by atoms with Crippen molar-refractivity contribution in [3.05, 3.63) is 29.6 Å². The third-order valence-electron chi connectivity index (χ3n) is 2.29. The van der Waals surface area contributed by atoms with E-state index in [1.807, 2.05) is 32.0 Å². The minimum atomic E-state index is 0.250. The summed E-state index contributed by atoms with van der Waals surface area (Å²) in [4.78, 5) is 4.55. The van der Waals surface area contributed by atoms with Gasteiger partial charge in [0.05, 0.1) is 24.1 Å².